The van der Waals surface area contributed by atoms with E-state index in [0.29, 0.717) is 11.4 Å². The standard InChI is InChI=1S/C17H20N2O3/c1-12-10-13(19-16(21)17(2,18)11-20)8-9-15(12)22-14-6-4-3-5-7-14/h3-10,20H,11,18H2,1-2H3,(H,19,21)/t17-/m0/s1. The van der Waals surface area contributed by atoms with E-state index in [-0.39, 0.29) is 0 Å². The van der Waals surface area contributed by atoms with Crippen molar-refractivity contribution in [2.45, 2.75) is 19.4 Å². The van der Waals surface area contributed by atoms with Crippen molar-refractivity contribution in [1.82, 2.24) is 0 Å². The molecule has 0 unspecified atom stereocenters. The largest absolute Gasteiger partial charge is 0.457 e. The molecule has 5 nitrogen and oxygen atoms in total. The number of carbonyl (C=O) groups is 1. The first-order valence-electron chi connectivity index (χ1n) is 6.97. The lowest BCUT2D eigenvalue weighted by molar-refractivity contribution is -0.121. The summed E-state index contributed by atoms with van der Waals surface area (Å²) in [7, 11) is 0. The van der Waals surface area contributed by atoms with Crippen LogP contribution >= 0.6 is 0 Å². The molecular formula is C17H20N2O3. The van der Waals surface area contributed by atoms with Gasteiger partial charge in [-0.3, -0.25) is 4.79 Å². The van der Waals surface area contributed by atoms with Gasteiger partial charge in [0.05, 0.1) is 6.61 Å². The van der Waals surface area contributed by atoms with Gasteiger partial charge in [-0.1, -0.05) is 18.2 Å². The Labute approximate surface area is 129 Å². The van der Waals surface area contributed by atoms with Crippen LogP contribution in [0.15, 0.2) is 48.5 Å². The van der Waals surface area contributed by atoms with E-state index in [0.717, 1.165) is 11.3 Å². The van der Waals surface area contributed by atoms with Gasteiger partial charge in [0.25, 0.3) is 0 Å². The molecule has 2 rings (SSSR count). The maximum Gasteiger partial charge on any atom is 0.246 e. The molecule has 0 saturated carbocycles. The van der Waals surface area contributed by atoms with E-state index in [2.05, 4.69) is 5.32 Å². The van der Waals surface area contributed by atoms with Gasteiger partial charge in [0.1, 0.15) is 17.0 Å². The van der Waals surface area contributed by atoms with Gasteiger partial charge in [0.2, 0.25) is 5.91 Å². The maximum absolute atomic E-state index is 11.9. The smallest absolute Gasteiger partial charge is 0.246 e. The van der Waals surface area contributed by atoms with E-state index < -0.39 is 18.1 Å². The van der Waals surface area contributed by atoms with Gasteiger partial charge in [0, 0.05) is 5.69 Å². The third-order valence-electron chi connectivity index (χ3n) is 3.25. The molecule has 0 fully saturated rings. The molecule has 116 valence electrons. The highest BCUT2D eigenvalue weighted by Crippen LogP contribution is 2.27. The lowest BCUT2D eigenvalue weighted by atomic mass is 10.0. The van der Waals surface area contributed by atoms with Crippen LogP contribution in [-0.2, 0) is 4.79 Å². The van der Waals surface area contributed by atoms with Crippen LogP contribution in [0.1, 0.15) is 12.5 Å². The first-order valence-corrected chi connectivity index (χ1v) is 6.97. The number of rotatable bonds is 5. The lowest BCUT2D eigenvalue weighted by Gasteiger charge is -2.21. The van der Waals surface area contributed by atoms with Crippen molar-refractivity contribution < 1.29 is 14.6 Å². The summed E-state index contributed by atoms with van der Waals surface area (Å²) in [5.41, 5.74) is 5.86. The molecule has 0 saturated heterocycles. The topological polar surface area (TPSA) is 84.6 Å². The van der Waals surface area contributed by atoms with Gasteiger partial charge in [-0.2, -0.15) is 0 Å². The normalized spacial score (nSPS) is 13.3. The van der Waals surface area contributed by atoms with Crippen LogP contribution in [0.2, 0.25) is 0 Å². The molecule has 0 aliphatic heterocycles. The average Bonchev–Trinajstić information content (AvgIpc) is 2.51. The first kappa shape index (κ1) is 16.0. The minimum absolute atomic E-state index is 0.424. The number of amides is 1. The van der Waals surface area contributed by atoms with Crippen LogP contribution in [0, 0.1) is 6.92 Å². The predicted octanol–water partition coefficient (Wildman–Crippen LogP) is 2.44. The highest BCUT2D eigenvalue weighted by atomic mass is 16.5. The number of aryl methyl sites for hydroxylation is 1. The molecule has 5 heteroatoms. The highest BCUT2D eigenvalue weighted by Gasteiger charge is 2.27. The second kappa shape index (κ2) is 6.60. The van der Waals surface area contributed by atoms with Crippen molar-refractivity contribution in [1.29, 1.82) is 0 Å². The number of hydrogen-bond acceptors (Lipinski definition) is 4. The summed E-state index contributed by atoms with van der Waals surface area (Å²) in [6.07, 6.45) is 0. The summed E-state index contributed by atoms with van der Waals surface area (Å²) in [5.74, 6) is 1.02. The first-order chi connectivity index (χ1) is 10.4. The minimum Gasteiger partial charge on any atom is -0.457 e. The average molecular weight is 300 g/mol. The van der Waals surface area contributed by atoms with Crippen molar-refractivity contribution in [3.05, 3.63) is 54.1 Å². The number of carbonyl (C=O) groups excluding carboxylic acids is 1. The molecule has 4 N–H and O–H groups in total. The maximum atomic E-state index is 11.9. The molecule has 0 spiro atoms. The Morgan fingerprint density at radius 2 is 1.95 bits per heavy atom. The van der Waals surface area contributed by atoms with Gasteiger partial charge in [-0.25, -0.2) is 0 Å². The zero-order chi connectivity index (χ0) is 16.2. The van der Waals surface area contributed by atoms with E-state index in [1.54, 1.807) is 18.2 Å². The summed E-state index contributed by atoms with van der Waals surface area (Å²) in [5, 5.41) is 11.8. The van der Waals surface area contributed by atoms with Gasteiger partial charge in [0.15, 0.2) is 0 Å². The number of aliphatic hydroxyl groups is 1. The number of nitrogens with one attached hydrogen (secondary N) is 1. The van der Waals surface area contributed by atoms with Crippen LogP contribution in [0.4, 0.5) is 5.69 Å². The highest BCUT2D eigenvalue weighted by molar-refractivity contribution is 5.97. The van der Waals surface area contributed by atoms with Gasteiger partial charge >= 0.3 is 0 Å². The summed E-state index contributed by atoms with van der Waals surface area (Å²) < 4.78 is 5.78. The zero-order valence-electron chi connectivity index (χ0n) is 12.7. The van der Waals surface area contributed by atoms with E-state index in [1.165, 1.54) is 6.92 Å². The monoisotopic (exact) mass is 300 g/mol. The fourth-order valence-electron chi connectivity index (χ4n) is 1.80. The summed E-state index contributed by atoms with van der Waals surface area (Å²) >= 11 is 0. The van der Waals surface area contributed by atoms with E-state index in [9.17, 15) is 4.79 Å². The summed E-state index contributed by atoms with van der Waals surface area (Å²) in [6, 6.07) is 14.8. The number of nitrogens with two attached hydrogens (primary N) is 1. The fraction of sp³-hybridized carbons (Fsp3) is 0.235. The Balaban J connectivity index is 2.11. The summed E-state index contributed by atoms with van der Waals surface area (Å²) in [6.45, 7) is 2.94. The molecule has 0 aliphatic carbocycles. The van der Waals surface area contributed by atoms with Crippen molar-refractivity contribution >= 4 is 11.6 Å². The Morgan fingerprint density at radius 3 is 2.55 bits per heavy atom. The molecule has 22 heavy (non-hydrogen) atoms. The number of hydrogen-bond donors (Lipinski definition) is 3. The van der Waals surface area contributed by atoms with E-state index >= 15 is 0 Å². The number of anilines is 1. The second-order valence-electron chi connectivity index (χ2n) is 5.43. The minimum atomic E-state index is -1.31. The van der Waals surface area contributed by atoms with E-state index in [1.807, 2.05) is 37.3 Å². The van der Waals surface area contributed by atoms with Crippen LogP contribution in [0.5, 0.6) is 11.5 Å². The Hall–Kier alpha value is -2.37. The zero-order valence-corrected chi connectivity index (χ0v) is 12.7. The molecule has 1 amide bonds. The second-order valence-corrected chi connectivity index (χ2v) is 5.43. The SMILES string of the molecule is Cc1cc(NC(=O)[C@@](C)(N)CO)ccc1Oc1ccccc1. The van der Waals surface area contributed by atoms with Gasteiger partial charge in [-0.05, 0) is 49.7 Å². The molecule has 2 aromatic carbocycles. The quantitative estimate of drug-likeness (QED) is 0.792. The molecule has 0 radical (unpaired) electrons. The van der Waals surface area contributed by atoms with Crippen molar-refractivity contribution in [3.63, 3.8) is 0 Å². The van der Waals surface area contributed by atoms with Crippen LogP contribution in [0.3, 0.4) is 0 Å². The lowest BCUT2D eigenvalue weighted by Crippen LogP contribution is -2.51. The molecule has 0 aliphatic rings. The number of aliphatic hydroxyl groups excluding tert-OH is 1. The van der Waals surface area contributed by atoms with Crippen LogP contribution < -0.4 is 15.8 Å². The third-order valence-corrected chi connectivity index (χ3v) is 3.25. The Kier molecular flexibility index (Phi) is 4.80. The fourth-order valence-corrected chi connectivity index (χ4v) is 1.80. The van der Waals surface area contributed by atoms with Gasteiger partial charge in [-0.15, -0.1) is 0 Å². The molecule has 1 atom stereocenters. The van der Waals surface area contributed by atoms with Crippen LogP contribution in [-0.4, -0.2) is 23.2 Å². The van der Waals surface area contributed by atoms with Crippen LogP contribution in [0.25, 0.3) is 0 Å². The Morgan fingerprint density at radius 1 is 1.27 bits per heavy atom. The predicted molar refractivity (Wildman–Crippen MR) is 86.0 cm³/mol. The van der Waals surface area contributed by atoms with E-state index in [4.69, 9.17) is 15.6 Å². The van der Waals surface area contributed by atoms with Gasteiger partial charge < -0.3 is 20.9 Å². The third kappa shape index (κ3) is 3.84. The van der Waals surface area contributed by atoms with Crippen molar-refractivity contribution in [2.24, 2.45) is 5.73 Å². The number of benzene rings is 2. The summed E-state index contributed by atoms with van der Waals surface area (Å²) in [4.78, 5) is 11.9. The number of ether oxygens (including phenoxy) is 1. The molecule has 0 bridgehead atoms. The van der Waals surface area contributed by atoms with Crippen molar-refractivity contribution in [2.75, 3.05) is 11.9 Å². The molecular weight excluding hydrogens is 280 g/mol. The molecule has 0 heterocycles. The van der Waals surface area contributed by atoms with Crippen molar-refractivity contribution in [3.8, 4) is 11.5 Å². The molecule has 2 aromatic rings. The molecule has 0 aromatic heterocycles. The number of para-hydroxylation sites is 1. The Bertz CT molecular complexity index is 654.